The maximum atomic E-state index is 13.0. The van der Waals surface area contributed by atoms with Gasteiger partial charge in [-0.05, 0) is 50.8 Å². The summed E-state index contributed by atoms with van der Waals surface area (Å²) in [7, 11) is 0. The number of amides is 1. The van der Waals surface area contributed by atoms with Crippen molar-refractivity contribution in [1.29, 1.82) is 0 Å². The van der Waals surface area contributed by atoms with E-state index in [1.165, 1.54) is 18.2 Å². The Balaban J connectivity index is 1.60. The summed E-state index contributed by atoms with van der Waals surface area (Å²) in [6.45, 7) is 4.82. The van der Waals surface area contributed by atoms with Crippen LogP contribution in [0.2, 0.25) is 0 Å². The van der Waals surface area contributed by atoms with Gasteiger partial charge in [0.25, 0.3) is 0 Å². The number of phenolic OH excluding ortho intramolecular Hbond substituents is 1. The van der Waals surface area contributed by atoms with Crippen LogP contribution in [0.4, 0.5) is 0 Å². The standard InChI is InChI=1S/C24H28N4O2S/c1-17-9-8-10-18(2)28(17)22(30)16-31-24-26-25-23(20-13-6-7-14-21(20)29)27(24)15-19-11-4-3-5-12-19/h3-7,11-14,17-18,29H,8-10,15-16H2,1-2H3/t17-,18+. The molecule has 2 heterocycles. The van der Waals surface area contributed by atoms with E-state index in [1.54, 1.807) is 12.1 Å². The minimum atomic E-state index is 0.142. The third kappa shape index (κ3) is 4.77. The number of carbonyl (C=O) groups excluding carboxylic acids is 1. The van der Waals surface area contributed by atoms with Crippen LogP contribution >= 0.6 is 11.8 Å². The van der Waals surface area contributed by atoms with E-state index in [4.69, 9.17) is 0 Å². The molecule has 1 aliphatic rings. The molecule has 0 radical (unpaired) electrons. The summed E-state index contributed by atoms with van der Waals surface area (Å²) in [6.07, 6.45) is 3.29. The van der Waals surface area contributed by atoms with Crippen molar-refractivity contribution in [1.82, 2.24) is 19.7 Å². The molecule has 1 amide bonds. The van der Waals surface area contributed by atoms with E-state index in [2.05, 4.69) is 24.0 Å². The third-order valence-electron chi connectivity index (χ3n) is 5.85. The quantitative estimate of drug-likeness (QED) is 0.573. The van der Waals surface area contributed by atoms with Gasteiger partial charge >= 0.3 is 0 Å². The largest absolute Gasteiger partial charge is 0.507 e. The predicted octanol–water partition coefficient (Wildman–Crippen LogP) is 4.58. The highest BCUT2D eigenvalue weighted by atomic mass is 32.2. The second-order valence-electron chi connectivity index (χ2n) is 8.11. The average Bonchev–Trinajstić information content (AvgIpc) is 3.15. The monoisotopic (exact) mass is 436 g/mol. The van der Waals surface area contributed by atoms with E-state index < -0.39 is 0 Å². The van der Waals surface area contributed by atoms with Gasteiger partial charge in [-0.1, -0.05) is 54.2 Å². The van der Waals surface area contributed by atoms with Gasteiger partial charge < -0.3 is 10.0 Å². The predicted molar refractivity (Wildman–Crippen MR) is 123 cm³/mol. The van der Waals surface area contributed by atoms with Crippen LogP contribution in [0.15, 0.2) is 59.8 Å². The normalized spacial score (nSPS) is 18.8. The summed E-state index contributed by atoms with van der Waals surface area (Å²) in [5.41, 5.74) is 1.73. The number of hydrogen-bond donors (Lipinski definition) is 1. The maximum Gasteiger partial charge on any atom is 0.233 e. The molecular weight excluding hydrogens is 408 g/mol. The number of aromatic nitrogens is 3. The van der Waals surface area contributed by atoms with Crippen molar-refractivity contribution in [2.75, 3.05) is 5.75 Å². The fourth-order valence-electron chi connectivity index (χ4n) is 4.28. The molecule has 3 aromatic rings. The van der Waals surface area contributed by atoms with E-state index in [0.29, 0.717) is 28.8 Å². The number of carbonyl (C=O) groups is 1. The molecule has 1 saturated heterocycles. The Morgan fingerprint density at radius 3 is 2.42 bits per heavy atom. The topological polar surface area (TPSA) is 71.2 Å². The Bertz CT molecular complexity index is 1030. The molecular formula is C24H28N4O2S. The molecule has 2 aromatic carbocycles. The van der Waals surface area contributed by atoms with Crippen molar-refractivity contribution in [3.63, 3.8) is 0 Å². The van der Waals surface area contributed by atoms with E-state index >= 15 is 0 Å². The second-order valence-corrected chi connectivity index (χ2v) is 9.06. The van der Waals surface area contributed by atoms with Gasteiger partial charge in [0.1, 0.15) is 5.75 Å². The summed E-state index contributed by atoms with van der Waals surface area (Å²) in [4.78, 5) is 15.0. The van der Waals surface area contributed by atoms with Crippen molar-refractivity contribution in [3.8, 4) is 17.1 Å². The highest BCUT2D eigenvalue weighted by molar-refractivity contribution is 7.99. The third-order valence-corrected chi connectivity index (χ3v) is 6.80. The van der Waals surface area contributed by atoms with E-state index in [0.717, 1.165) is 18.4 Å². The van der Waals surface area contributed by atoms with Crippen LogP contribution in [-0.4, -0.2) is 48.5 Å². The van der Waals surface area contributed by atoms with Gasteiger partial charge in [0.15, 0.2) is 11.0 Å². The highest BCUT2D eigenvalue weighted by Crippen LogP contribution is 2.31. The van der Waals surface area contributed by atoms with Gasteiger partial charge in [0, 0.05) is 12.1 Å². The molecule has 0 unspecified atom stereocenters. The van der Waals surface area contributed by atoms with Gasteiger partial charge in [-0.3, -0.25) is 9.36 Å². The fourth-order valence-corrected chi connectivity index (χ4v) is 5.09. The van der Waals surface area contributed by atoms with Gasteiger partial charge in [-0.2, -0.15) is 0 Å². The first kappa shape index (κ1) is 21.4. The summed E-state index contributed by atoms with van der Waals surface area (Å²) in [6, 6.07) is 17.7. The highest BCUT2D eigenvalue weighted by Gasteiger charge is 2.29. The van der Waals surface area contributed by atoms with Crippen molar-refractivity contribution in [3.05, 3.63) is 60.2 Å². The number of thioether (sulfide) groups is 1. The van der Waals surface area contributed by atoms with Crippen LogP contribution in [0.3, 0.4) is 0 Å². The summed E-state index contributed by atoms with van der Waals surface area (Å²) >= 11 is 1.41. The first-order valence-electron chi connectivity index (χ1n) is 10.7. The van der Waals surface area contributed by atoms with E-state index in [-0.39, 0.29) is 23.7 Å². The maximum absolute atomic E-state index is 13.0. The van der Waals surface area contributed by atoms with Crippen molar-refractivity contribution >= 4 is 17.7 Å². The lowest BCUT2D eigenvalue weighted by atomic mass is 9.98. The number of likely N-dealkylation sites (tertiary alicyclic amines) is 1. The summed E-state index contributed by atoms with van der Waals surface area (Å²) in [5.74, 6) is 1.22. The zero-order valence-electron chi connectivity index (χ0n) is 17.9. The SMILES string of the molecule is C[C@@H]1CCC[C@H](C)N1C(=O)CSc1nnc(-c2ccccc2O)n1Cc1ccccc1. The molecule has 6 nitrogen and oxygen atoms in total. The molecule has 1 fully saturated rings. The van der Waals surface area contributed by atoms with Gasteiger partial charge in [0.2, 0.25) is 5.91 Å². The first-order chi connectivity index (χ1) is 15.0. The van der Waals surface area contributed by atoms with Crippen LogP contribution in [0.1, 0.15) is 38.7 Å². The van der Waals surface area contributed by atoms with Crippen LogP contribution in [0.5, 0.6) is 5.75 Å². The number of hydrogen-bond acceptors (Lipinski definition) is 5. The number of piperidine rings is 1. The number of para-hydroxylation sites is 1. The Kier molecular flexibility index (Phi) is 6.61. The average molecular weight is 437 g/mol. The molecule has 0 spiro atoms. The molecule has 162 valence electrons. The van der Waals surface area contributed by atoms with Crippen molar-refractivity contribution in [2.45, 2.75) is 56.9 Å². The minimum absolute atomic E-state index is 0.142. The molecule has 1 aromatic heterocycles. The number of nitrogens with zero attached hydrogens (tertiary/aromatic N) is 4. The van der Waals surface area contributed by atoms with Gasteiger partial charge in [-0.25, -0.2) is 0 Å². The van der Waals surface area contributed by atoms with Crippen LogP contribution in [0, 0.1) is 0 Å². The molecule has 2 atom stereocenters. The van der Waals surface area contributed by atoms with E-state index in [9.17, 15) is 9.90 Å². The van der Waals surface area contributed by atoms with Gasteiger partial charge in [0.05, 0.1) is 17.9 Å². The van der Waals surface area contributed by atoms with Crippen molar-refractivity contribution < 1.29 is 9.90 Å². The van der Waals surface area contributed by atoms with Crippen LogP contribution in [0.25, 0.3) is 11.4 Å². The lowest BCUT2D eigenvalue weighted by Crippen LogP contribution is -2.48. The zero-order chi connectivity index (χ0) is 21.8. The van der Waals surface area contributed by atoms with Crippen molar-refractivity contribution in [2.24, 2.45) is 0 Å². The minimum Gasteiger partial charge on any atom is -0.507 e. The Hall–Kier alpha value is -2.80. The van der Waals surface area contributed by atoms with Crippen LogP contribution in [-0.2, 0) is 11.3 Å². The van der Waals surface area contributed by atoms with Gasteiger partial charge in [-0.15, -0.1) is 10.2 Å². The Morgan fingerprint density at radius 2 is 1.71 bits per heavy atom. The number of benzene rings is 2. The zero-order valence-corrected chi connectivity index (χ0v) is 18.8. The lowest BCUT2D eigenvalue weighted by Gasteiger charge is -2.39. The molecule has 0 saturated carbocycles. The smallest absolute Gasteiger partial charge is 0.233 e. The molecule has 1 aliphatic heterocycles. The lowest BCUT2D eigenvalue weighted by molar-refractivity contribution is -0.134. The Labute approximate surface area is 187 Å². The summed E-state index contributed by atoms with van der Waals surface area (Å²) < 4.78 is 1.98. The molecule has 0 bridgehead atoms. The molecule has 31 heavy (non-hydrogen) atoms. The summed E-state index contributed by atoms with van der Waals surface area (Å²) in [5, 5.41) is 19.8. The van der Waals surface area contributed by atoms with E-state index in [1.807, 2.05) is 51.9 Å². The Morgan fingerprint density at radius 1 is 1.03 bits per heavy atom. The molecule has 7 heteroatoms. The fraction of sp³-hybridized carbons (Fsp3) is 0.375. The number of phenols is 1. The number of aromatic hydroxyl groups is 1. The molecule has 0 aliphatic carbocycles. The van der Waals surface area contributed by atoms with Crippen LogP contribution < -0.4 is 0 Å². The first-order valence-corrected chi connectivity index (χ1v) is 11.7. The molecule has 1 N–H and O–H groups in total. The second kappa shape index (κ2) is 9.56. The number of rotatable bonds is 6. The molecule has 4 rings (SSSR count).